The third kappa shape index (κ3) is 1.15. The van der Waals surface area contributed by atoms with Gasteiger partial charge in [0.05, 0.1) is 0 Å². The summed E-state index contributed by atoms with van der Waals surface area (Å²) in [6.45, 7) is 4.18. The molecule has 0 spiro atoms. The van der Waals surface area contributed by atoms with Gasteiger partial charge in [-0.15, -0.1) is 0 Å². The van der Waals surface area contributed by atoms with Crippen LogP contribution >= 0.6 is 0 Å². The summed E-state index contributed by atoms with van der Waals surface area (Å²) in [5.41, 5.74) is 2.36. The van der Waals surface area contributed by atoms with Gasteiger partial charge in [0.15, 0.2) is 0 Å². The number of aliphatic hydroxyl groups is 1. The van der Waals surface area contributed by atoms with Gasteiger partial charge < -0.3 is 5.11 Å². The molecule has 1 atom stereocenters. The van der Waals surface area contributed by atoms with Gasteiger partial charge in [-0.25, -0.2) is 0 Å². The van der Waals surface area contributed by atoms with E-state index in [2.05, 4.69) is 25.2 Å². The predicted molar refractivity (Wildman–Crippen MR) is 54.4 cm³/mol. The zero-order valence-electron chi connectivity index (χ0n) is 8.04. The molecule has 0 bridgehead atoms. The summed E-state index contributed by atoms with van der Waals surface area (Å²) in [6.07, 6.45) is 11.2. The molecule has 0 saturated heterocycles. The van der Waals surface area contributed by atoms with Crippen LogP contribution in [0.5, 0.6) is 0 Å². The van der Waals surface area contributed by atoms with Crippen molar-refractivity contribution in [1.82, 2.24) is 0 Å². The van der Waals surface area contributed by atoms with Crippen LogP contribution in [0, 0.1) is 5.41 Å². The van der Waals surface area contributed by atoms with E-state index in [1.807, 2.05) is 19.1 Å². The quantitative estimate of drug-likeness (QED) is 0.597. The first-order valence-corrected chi connectivity index (χ1v) is 4.60. The first kappa shape index (κ1) is 8.36. The fourth-order valence-corrected chi connectivity index (χ4v) is 2.03. The van der Waals surface area contributed by atoms with E-state index >= 15 is 0 Å². The molecule has 1 unspecified atom stereocenters. The molecule has 2 rings (SSSR count). The van der Waals surface area contributed by atoms with Crippen molar-refractivity contribution in [2.45, 2.75) is 20.3 Å². The summed E-state index contributed by atoms with van der Waals surface area (Å²) in [4.78, 5) is 0. The van der Waals surface area contributed by atoms with Gasteiger partial charge in [0, 0.05) is 5.41 Å². The Balaban J connectivity index is 2.55. The van der Waals surface area contributed by atoms with Crippen molar-refractivity contribution < 1.29 is 5.11 Å². The molecule has 0 saturated carbocycles. The van der Waals surface area contributed by atoms with E-state index in [-0.39, 0.29) is 5.41 Å². The largest absolute Gasteiger partial charge is 0.508 e. The van der Waals surface area contributed by atoms with Crippen LogP contribution in [0.1, 0.15) is 20.3 Å². The number of allylic oxidation sites excluding steroid dienone is 7. The average Bonchev–Trinajstić information content (AvgIpc) is 2.12. The highest BCUT2D eigenvalue weighted by Gasteiger charge is 2.30. The highest BCUT2D eigenvalue weighted by Crippen LogP contribution is 2.42. The molecular weight excluding hydrogens is 160 g/mol. The Kier molecular flexibility index (Phi) is 1.69. The monoisotopic (exact) mass is 174 g/mol. The number of hydrogen-bond donors (Lipinski definition) is 1. The lowest BCUT2D eigenvalue weighted by Gasteiger charge is -2.33. The van der Waals surface area contributed by atoms with Crippen LogP contribution in [0.4, 0.5) is 0 Å². The minimum Gasteiger partial charge on any atom is -0.508 e. The Morgan fingerprint density at radius 2 is 2.15 bits per heavy atom. The summed E-state index contributed by atoms with van der Waals surface area (Å²) in [5, 5.41) is 9.58. The van der Waals surface area contributed by atoms with E-state index < -0.39 is 0 Å². The van der Waals surface area contributed by atoms with Gasteiger partial charge in [-0.05, 0) is 30.6 Å². The van der Waals surface area contributed by atoms with E-state index in [4.69, 9.17) is 0 Å². The van der Waals surface area contributed by atoms with Gasteiger partial charge in [-0.3, -0.25) is 0 Å². The Morgan fingerprint density at radius 1 is 1.38 bits per heavy atom. The maximum Gasteiger partial charge on any atom is 0.114 e. The molecule has 0 aromatic heterocycles. The summed E-state index contributed by atoms with van der Waals surface area (Å²) < 4.78 is 0. The van der Waals surface area contributed by atoms with E-state index in [1.54, 1.807) is 0 Å². The maximum absolute atomic E-state index is 9.58. The van der Waals surface area contributed by atoms with Crippen molar-refractivity contribution in [3.8, 4) is 0 Å². The molecule has 0 fully saturated rings. The third-order valence-electron chi connectivity index (χ3n) is 2.96. The molecule has 2 aliphatic rings. The van der Waals surface area contributed by atoms with Crippen molar-refractivity contribution >= 4 is 0 Å². The molecule has 13 heavy (non-hydrogen) atoms. The molecule has 2 aliphatic carbocycles. The van der Waals surface area contributed by atoms with Crippen LogP contribution in [0.3, 0.4) is 0 Å². The molecule has 0 aliphatic heterocycles. The topological polar surface area (TPSA) is 20.2 Å². The van der Waals surface area contributed by atoms with E-state index in [0.29, 0.717) is 5.76 Å². The molecule has 0 amide bonds. The van der Waals surface area contributed by atoms with Crippen molar-refractivity contribution in [2.75, 3.05) is 0 Å². The number of rotatable bonds is 0. The fraction of sp³-hybridized carbons (Fsp3) is 0.333. The van der Waals surface area contributed by atoms with Crippen molar-refractivity contribution in [3.63, 3.8) is 0 Å². The molecule has 0 radical (unpaired) electrons. The Bertz CT molecular complexity index is 355. The summed E-state index contributed by atoms with van der Waals surface area (Å²) in [6, 6.07) is 0. The van der Waals surface area contributed by atoms with Gasteiger partial charge in [-0.2, -0.15) is 0 Å². The Labute approximate surface area is 78.8 Å². The second kappa shape index (κ2) is 2.63. The number of fused-ring (bicyclic) bond motifs is 1. The van der Waals surface area contributed by atoms with Crippen LogP contribution in [-0.2, 0) is 0 Å². The molecule has 68 valence electrons. The van der Waals surface area contributed by atoms with Gasteiger partial charge in [-0.1, -0.05) is 31.2 Å². The molecule has 1 nitrogen and oxygen atoms in total. The van der Waals surface area contributed by atoms with Crippen molar-refractivity contribution in [1.29, 1.82) is 0 Å². The summed E-state index contributed by atoms with van der Waals surface area (Å²) in [7, 11) is 0. The zero-order valence-corrected chi connectivity index (χ0v) is 8.04. The average molecular weight is 174 g/mol. The van der Waals surface area contributed by atoms with Crippen LogP contribution in [0.2, 0.25) is 0 Å². The third-order valence-corrected chi connectivity index (χ3v) is 2.96. The molecule has 1 N–H and O–H groups in total. The van der Waals surface area contributed by atoms with E-state index in [0.717, 1.165) is 12.0 Å². The first-order chi connectivity index (χ1) is 6.13. The van der Waals surface area contributed by atoms with Gasteiger partial charge in [0.2, 0.25) is 0 Å². The van der Waals surface area contributed by atoms with Gasteiger partial charge in [0.1, 0.15) is 5.76 Å². The maximum atomic E-state index is 9.58. The lowest BCUT2D eigenvalue weighted by atomic mass is 9.71. The number of aliphatic hydroxyl groups excluding tert-OH is 1. The summed E-state index contributed by atoms with van der Waals surface area (Å²) in [5.74, 6) is 0.437. The lowest BCUT2D eigenvalue weighted by molar-refractivity contribution is 0.395. The molecule has 1 heteroatoms. The highest BCUT2D eigenvalue weighted by molar-refractivity contribution is 5.48. The SMILES string of the molecule is CC1=C2C=CC=CC2(C)CC=C1O. The highest BCUT2D eigenvalue weighted by atomic mass is 16.3. The zero-order chi connectivity index (χ0) is 9.47. The molecule has 0 aromatic rings. The smallest absolute Gasteiger partial charge is 0.114 e. The lowest BCUT2D eigenvalue weighted by Crippen LogP contribution is -2.21. The second-order valence-electron chi connectivity index (χ2n) is 3.97. The predicted octanol–water partition coefficient (Wildman–Crippen LogP) is 3.28. The molecule has 0 aromatic carbocycles. The fourth-order valence-electron chi connectivity index (χ4n) is 2.03. The van der Waals surface area contributed by atoms with E-state index in [9.17, 15) is 5.11 Å². The van der Waals surface area contributed by atoms with Gasteiger partial charge in [0.25, 0.3) is 0 Å². The van der Waals surface area contributed by atoms with Crippen LogP contribution in [0.25, 0.3) is 0 Å². The van der Waals surface area contributed by atoms with Crippen molar-refractivity contribution in [3.05, 3.63) is 47.3 Å². The summed E-state index contributed by atoms with van der Waals surface area (Å²) >= 11 is 0. The van der Waals surface area contributed by atoms with Crippen LogP contribution in [-0.4, -0.2) is 5.11 Å². The normalized spacial score (nSPS) is 31.7. The van der Waals surface area contributed by atoms with Crippen LogP contribution in [0.15, 0.2) is 47.3 Å². The minimum absolute atomic E-state index is 0.102. The minimum atomic E-state index is 0.102. The van der Waals surface area contributed by atoms with E-state index in [1.165, 1.54) is 5.57 Å². The van der Waals surface area contributed by atoms with Crippen molar-refractivity contribution in [2.24, 2.45) is 5.41 Å². The first-order valence-electron chi connectivity index (χ1n) is 4.60. The van der Waals surface area contributed by atoms with Crippen LogP contribution < -0.4 is 0 Å². The molecular formula is C12H14O. The van der Waals surface area contributed by atoms with Gasteiger partial charge >= 0.3 is 0 Å². The number of hydrogen-bond acceptors (Lipinski definition) is 1. The molecule has 0 heterocycles. The Hall–Kier alpha value is -1.24. The second-order valence-corrected chi connectivity index (χ2v) is 3.97. The Morgan fingerprint density at radius 3 is 2.92 bits per heavy atom. The standard InChI is InChI=1S/C12H14O/c1-9-10-5-3-4-7-12(10,2)8-6-11(9)13/h3-7,13H,8H2,1-2H3.